The molecule has 0 radical (unpaired) electrons. The fraction of sp³-hybridized carbons (Fsp3) is 0.118. The van der Waals surface area contributed by atoms with Crippen LogP contribution in [0.1, 0.15) is 11.3 Å². The van der Waals surface area contributed by atoms with Gasteiger partial charge in [-0.25, -0.2) is 0 Å². The molecule has 0 aliphatic heterocycles. The highest BCUT2D eigenvalue weighted by Gasteiger charge is 2.04. The van der Waals surface area contributed by atoms with E-state index in [9.17, 15) is 0 Å². The molecule has 0 atom stereocenters. The highest BCUT2D eigenvalue weighted by molar-refractivity contribution is 6.30. The van der Waals surface area contributed by atoms with E-state index in [1.165, 1.54) is 5.56 Å². The normalized spacial score (nSPS) is 10.8. The van der Waals surface area contributed by atoms with Gasteiger partial charge in [-0.3, -0.25) is 4.98 Å². The first-order valence-corrected chi connectivity index (χ1v) is 6.81. The Kier molecular flexibility index (Phi) is 3.33. The summed E-state index contributed by atoms with van der Waals surface area (Å²) in [6, 6.07) is 15.4. The molecule has 2 aromatic carbocycles. The van der Waals surface area contributed by atoms with Crippen LogP contribution in [0.3, 0.4) is 0 Å². The number of ether oxygens (including phenoxy) is 1. The zero-order valence-electron chi connectivity index (χ0n) is 11.4. The second-order valence-corrected chi connectivity index (χ2v) is 5.26. The summed E-state index contributed by atoms with van der Waals surface area (Å²) in [5.41, 5.74) is 3.18. The third-order valence-corrected chi connectivity index (χ3v) is 3.38. The maximum absolute atomic E-state index is 5.96. The Labute approximate surface area is 123 Å². The molecule has 1 aromatic heterocycles. The Morgan fingerprint density at radius 1 is 0.950 bits per heavy atom. The molecular weight excluding hydrogens is 270 g/mol. The Hall–Kier alpha value is -2.06. The molecule has 0 N–H and O–H groups in total. The minimum absolute atomic E-state index is 0.660. The van der Waals surface area contributed by atoms with E-state index < -0.39 is 0 Å². The number of aromatic nitrogens is 1. The van der Waals surface area contributed by atoms with Crippen molar-refractivity contribution in [3.05, 3.63) is 64.8 Å². The minimum atomic E-state index is 0.660. The van der Waals surface area contributed by atoms with Gasteiger partial charge in [0.05, 0.1) is 5.52 Å². The van der Waals surface area contributed by atoms with Gasteiger partial charge in [-0.15, -0.1) is 0 Å². The van der Waals surface area contributed by atoms with Crippen LogP contribution in [-0.4, -0.2) is 4.98 Å². The number of pyridine rings is 1. The van der Waals surface area contributed by atoms with Gasteiger partial charge < -0.3 is 4.74 Å². The van der Waals surface area contributed by atoms with Gasteiger partial charge in [0.2, 0.25) is 0 Å². The number of rotatable bonds is 2. The second kappa shape index (κ2) is 5.14. The molecule has 1 heterocycles. The Morgan fingerprint density at radius 2 is 1.75 bits per heavy atom. The molecule has 0 saturated carbocycles. The highest BCUT2D eigenvalue weighted by atomic mass is 35.5. The van der Waals surface area contributed by atoms with E-state index in [0.717, 1.165) is 28.1 Å². The van der Waals surface area contributed by atoms with Gasteiger partial charge in [0.25, 0.3) is 0 Å². The van der Waals surface area contributed by atoms with E-state index in [2.05, 4.69) is 18.0 Å². The van der Waals surface area contributed by atoms with Gasteiger partial charge in [0.15, 0.2) is 0 Å². The number of aryl methyl sites for hydroxylation is 2. The van der Waals surface area contributed by atoms with Crippen molar-refractivity contribution in [2.75, 3.05) is 0 Å². The van der Waals surface area contributed by atoms with Gasteiger partial charge in [-0.1, -0.05) is 17.7 Å². The van der Waals surface area contributed by atoms with Crippen LogP contribution in [0.25, 0.3) is 10.9 Å². The zero-order valence-corrected chi connectivity index (χ0v) is 12.1. The predicted molar refractivity (Wildman–Crippen MR) is 82.7 cm³/mol. The molecule has 0 bridgehead atoms. The van der Waals surface area contributed by atoms with Crippen molar-refractivity contribution in [2.45, 2.75) is 13.8 Å². The lowest BCUT2D eigenvalue weighted by Gasteiger charge is -2.08. The third-order valence-electron chi connectivity index (χ3n) is 3.15. The summed E-state index contributed by atoms with van der Waals surface area (Å²) in [7, 11) is 0. The van der Waals surface area contributed by atoms with Crippen molar-refractivity contribution >= 4 is 22.5 Å². The summed E-state index contributed by atoms with van der Waals surface area (Å²) in [4.78, 5) is 4.55. The average molecular weight is 284 g/mol. The maximum atomic E-state index is 5.96. The number of fused-ring (bicyclic) bond motifs is 1. The molecule has 0 aliphatic rings. The average Bonchev–Trinajstić information content (AvgIpc) is 2.38. The Bertz CT molecular complexity index is 783. The minimum Gasteiger partial charge on any atom is -0.457 e. The zero-order chi connectivity index (χ0) is 14.1. The van der Waals surface area contributed by atoms with E-state index in [-0.39, 0.29) is 0 Å². The smallest absolute Gasteiger partial charge is 0.129 e. The van der Waals surface area contributed by atoms with E-state index in [1.54, 1.807) is 6.07 Å². The van der Waals surface area contributed by atoms with Crippen LogP contribution in [-0.2, 0) is 0 Å². The highest BCUT2D eigenvalue weighted by Crippen LogP contribution is 2.27. The predicted octanol–water partition coefficient (Wildman–Crippen LogP) is 5.30. The van der Waals surface area contributed by atoms with Crippen LogP contribution >= 0.6 is 11.6 Å². The van der Waals surface area contributed by atoms with Crippen molar-refractivity contribution < 1.29 is 4.74 Å². The second-order valence-electron chi connectivity index (χ2n) is 4.82. The molecule has 3 rings (SSSR count). The molecule has 20 heavy (non-hydrogen) atoms. The molecule has 0 aliphatic carbocycles. The summed E-state index contributed by atoms with van der Waals surface area (Å²) >= 11 is 5.96. The van der Waals surface area contributed by atoms with E-state index in [4.69, 9.17) is 16.3 Å². The number of benzene rings is 2. The van der Waals surface area contributed by atoms with E-state index in [0.29, 0.717) is 5.02 Å². The first-order valence-electron chi connectivity index (χ1n) is 6.43. The summed E-state index contributed by atoms with van der Waals surface area (Å²) in [5.74, 6) is 1.48. The molecule has 2 nitrogen and oxygen atoms in total. The van der Waals surface area contributed by atoms with Crippen molar-refractivity contribution in [1.29, 1.82) is 0 Å². The van der Waals surface area contributed by atoms with Gasteiger partial charge in [0.1, 0.15) is 11.5 Å². The van der Waals surface area contributed by atoms with Crippen LogP contribution in [0, 0.1) is 13.8 Å². The lowest BCUT2D eigenvalue weighted by atomic mass is 10.1. The molecule has 3 aromatic rings. The number of hydrogen-bond donors (Lipinski definition) is 0. The molecule has 100 valence electrons. The monoisotopic (exact) mass is 283 g/mol. The first-order chi connectivity index (χ1) is 9.61. The molecule has 0 amide bonds. The van der Waals surface area contributed by atoms with Gasteiger partial charge in [0, 0.05) is 22.2 Å². The van der Waals surface area contributed by atoms with E-state index in [1.807, 2.05) is 43.3 Å². The molecule has 0 saturated heterocycles. The van der Waals surface area contributed by atoms with Crippen LogP contribution in [0.2, 0.25) is 5.02 Å². The topological polar surface area (TPSA) is 22.1 Å². The van der Waals surface area contributed by atoms with Crippen molar-refractivity contribution in [3.63, 3.8) is 0 Å². The molecule has 0 fully saturated rings. The molecule has 0 unspecified atom stereocenters. The summed E-state index contributed by atoms with van der Waals surface area (Å²) in [6.07, 6.45) is 0. The van der Waals surface area contributed by atoms with Crippen molar-refractivity contribution in [1.82, 2.24) is 4.98 Å². The third kappa shape index (κ3) is 2.61. The lowest BCUT2D eigenvalue weighted by molar-refractivity contribution is 0.483. The number of halogens is 1. The van der Waals surface area contributed by atoms with Crippen LogP contribution < -0.4 is 4.74 Å². The van der Waals surface area contributed by atoms with Crippen molar-refractivity contribution in [3.8, 4) is 11.5 Å². The Balaban J connectivity index is 2.01. The summed E-state index contributed by atoms with van der Waals surface area (Å²) in [5, 5.41) is 1.81. The van der Waals surface area contributed by atoms with Crippen LogP contribution in [0.5, 0.6) is 11.5 Å². The number of nitrogens with zero attached hydrogens (tertiary/aromatic N) is 1. The standard InChI is InChI=1S/C17H14ClNO/c1-11-8-12(2)19-17-10-15(6-7-16(11)17)20-14-5-3-4-13(18)9-14/h3-10H,1-2H3. The summed E-state index contributed by atoms with van der Waals surface area (Å²) < 4.78 is 5.82. The maximum Gasteiger partial charge on any atom is 0.129 e. The van der Waals surface area contributed by atoms with Gasteiger partial charge in [-0.05, 0) is 55.8 Å². The van der Waals surface area contributed by atoms with Crippen LogP contribution in [0.4, 0.5) is 0 Å². The largest absolute Gasteiger partial charge is 0.457 e. The van der Waals surface area contributed by atoms with Gasteiger partial charge in [-0.2, -0.15) is 0 Å². The lowest BCUT2D eigenvalue weighted by Crippen LogP contribution is -1.89. The molecule has 0 spiro atoms. The number of hydrogen-bond acceptors (Lipinski definition) is 2. The fourth-order valence-electron chi connectivity index (χ4n) is 2.28. The fourth-order valence-corrected chi connectivity index (χ4v) is 2.46. The Morgan fingerprint density at radius 3 is 2.55 bits per heavy atom. The molecular formula is C17H14ClNO. The summed E-state index contributed by atoms with van der Waals surface area (Å²) in [6.45, 7) is 4.09. The van der Waals surface area contributed by atoms with Crippen LogP contribution in [0.15, 0.2) is 48.5 Å². The van der Waals surface area contributed by atoms with E-state index >= 15 is 0 Å². The van der Waals surface area contributed by atoms with Crippen molar-refractivity contribution in [2.24, 2.45) is 0 Å². The quantitative estimate of drug-likeness (QED) is 0.637. The van der Waals surface area contributed by atoms with Gasteiger partial charge >= 0.3 is 0 Å². The first kappa shape index (κ1) is 12.9. The molecule has 3 heteroatoms. The SMILES string of the molecule is Cc1cc(C)c2ccc(Oc3cccc(Cl)c3)cc2n1.